The summed E-state index contributed by atoms with van der Waals surface area (Å²) in [7, 11) is 0. The zero-order valence-electron chi connectivity index (χ0n) is 14.8. The maximum Gasteiger partial charge on any atom is 0.148 e. The van der Waals surface area contributed by atoms with Crippen molar-refractivity contribution in [3.05, 3.63) is 21.8 Å². The van der Waals surface area contributed by atoms with Crippen molar-refractivity contribution in [1.82, 2.24) is 9.88 Å². The number of hydrogen-bond donors (Lipinski definition) is 0. The molecule has 0 saturated heterocycles. The van der Waals surface area contributed by atoms with E-state index in [9.17, 15) is 5.26 Å². The van der Waals surface area contributed by atoms with Crippen molar-refractivity contribution >= 4 is 17.4 Å². The van der Waals surface area contributed by atoms with Crippen molar-refractivity contribution in [3.63, 3.8) is 0 Å². The molecule has 2 heterocycles. The Balaban J connectivity index is 1.93. The fourth-order valence-electron chi connectivity index (χ4n) is 4.15. The zero-order valence-corrected chi connectivity index (χ0v) is 15.6. The van der Waals surface area contributed by atoms with E-state index in [1.807, 2.05) is 0 Å². The molecule has 0 bridgehead atoms. The maximum absolute atomic E-state index is 9.59. The average Bonchev–Trinajstić information content (AvgIpc) is 2.63. The number of halogens is 1. The number of aromatic nitrogens is 1. The third-order valence-corrected chi connectivity index (χ3v) is 5.98. The number of fused-ring (bicyclic) bond motifs is 1. The number of rotatable bonds is 4. The standard InChI is InChI=1S/C19H27ClN4/c1-3-23(4-2)19-16(12-21)18(20)15-10-11-24(13-17(15)22-19)14-8-6-5-7-9-14/h14H,3-11,13H2,1-2H3. The Morgan fingerprint density at radius 1 is 1.25 bits per heavy atom. The van der Waals surface area contributed by atoms with Crippen LogP contribution in [-0.2, 0) is 13.0 Å². The maximum atomic E-state index is 9.59. The van der Waals surface area contributed by atoms with Crippen LogP contribution in [0.2, 0.25) is 5.02 Å². The van der Waals surface area contributed by atoms with Crippen LogP contribution in [0.3, 0.4) is 0 Å². The van der Waals surface area contributed by atoms with Gasteiger partial charge in [-0.3, -0.25) is 4.90 Å². The highest BCUT2D eigenvalue weighted by atomic mass is 35.5. The van der Waals surface area contributed by atoms with E-state index in [1.54, 1.807) is 0 Å². The molecule has 0 unspecified atom stereocenters. The molecule has 2 aliphatic rings. The molecule has 0 N–H and O–H groups in total. The fraction of sp³-hybridized carbons (Fsp3) is 0.684. The molecule has 1 aromatic heterocycles. The summed E-state index contributed by atoms with van der Waals surface area (Å²) < 4.78 is 0. The van der Waals surface area contributed by atoms with Crippen LogP contribution in [0.25, 0.3) is 0 Å². The number of pyridine rings is 1. The van der Waals surface area contributed by atoms with Gasteiger partial charge in [0.25, 0.3) is 0 Å². The van der Waals surface area contributed by atoms with E-state index in [-0.39, 0.29) is 0 Å². The van der Waals surface area contributed by atoms with Gasteiger partial charge in [0, 0.05) is 32.2 Å². The van der Waals surface area contributed by atoms with Gasteiger partial charge in [0.05, 0.1) is 10.7 Å². The highest BCUT2D eigenvalue weighted by Crippen LogP contribution is 2.35. The van der Waals surface area contributed by atoms with Gasteiger partial charge in [-0.1, -0.05) is 30.9 Å². The van der Waals surface area contributed by atoms with Crippen LogP contribution in [0.5, 0.6) is 0 Å². The average molecular weight is 347 g/mol. The summed E-state index contributed by atoms with van der Waals surface area (Å²) >= 11 is 6.62. The minimum atomic E-state index is 0.547. The van der Waals surface area contributed by atoms with Gasteiger partial charge in [0.1, 0.15) is 17.5 Å². The third-order valence-electron chi connectivity index (χ3n) is 5.57. The largest absolute Gasteiger partial charge is 0.356 e. The van der Waals surface area contributed by atoms with Crippen molar-refractivity contribution < 1.29 is 0 Å². The Hall–Kier alpha value is -1.31. The first kappa shape index (κ1) is 17.5. The summed E-state index contributed by atoms with van der Waals surface area (Å²) in [6.45, 7) is 7.76. The van der Waals surface area contributed by atoms with Crippen LogP contribution in [-0.4, -0.2) is 35.6 Å². The smallest absolute Gasteiger partial charge is 0.148 e. The molecule has 130 valence electrons. The Labute approximate surface area is 150 Å². The predicted molar refractivity (Wildman–Crippen MR) is 98.5 cm³/mol. The second-order valence-electron chi connectivity index (χ2n) is 6.85. The lowest BCUT2D eigenvalue weighted by Crippen LogP contribution is -2.41. The number of nitrogens with zero attached hydrogens (tertiary/aromatic N) is 4. The van der Waals surface area contributed by atoms with Crippen LogP contribution in [0.1, 0.15) is 62.8 Å². The minimum Gasteiger partial charge on any atom is -0.356 e. The van der Waals surface area contributed by atoms with Crippen molar-refractivity contribution in [2.24, 2.45) is 0 Å². The normalized spacial score (nSPS) is 18.9. The van der Waals surface area contributed by atoms with Gasteiger partial charge < -0.3 is 4.90 Å². The molecule has 1 fully saturated rings. The number of nitriles is 1. The molecule has 1 aliphatic heterocycles. The number of hydrogen-bond acceptors (Lipinski definition) is 4. The zero-order chi connectivity index (χ0) is 17.1. The van der Waals surface area contributed by atoms with Gasteiger partial charge in [-0.05, 0) is 38.7 Å². The van der Waals surface area contributed by atoms with Gasteiger partial charge in [-0.25, -0.2) is 4.98 Å². The first-order valence-corrected chi connectivity index (χ1v) is 9.67. The lowest BCUT2D eigenvalue weighted by Gasteiger charge is -2.38. The van der Waals surface area contributed by atoms with Crippen LogP contribution in [0, 0.1) is 11.3 Å². The fourth-order valence-corrected chi connectivity index (χ4v) is 4.48. The third kappa shape index (κ3) is 3.25. The molecular formula is C19H27ClN4. The first-order chi connectivity index (χ1) is 11.7. The van der Waals surface area contributed by atoms with E-state index in [4.69, 9.17) is 16.6 Å². The molecule has 3 rings (SSSR count). The lowest BCUT2D eigenvalue weighted by molar-refractivity contribution is 0.139. The van der Waals surface area contributed by atoms with Crippen LogP contribution < -0.4 is 4.90 Å². The summed E-state index contributed by atoms with van der Waals surface area (Å²) in [6.07, 6.45) is 7.60. The van der Waals surface area contributed by atoms with Crippen molar-refractivity contribution in [1.29, 1.82) is 5.26 Å². The predicted octanol–water partition coefficient (Wildman–Crippen LogP) is 4.14. The molecule has 1 aliphatic carbocycles. The lowest BCUT2D eigenvalue weighted by atomic mass is 9.92. The first-order valence-electron chi connectivity index (χ1n) is 9.29. The SMILES string of the molecule is CCN(CC)c1nc2c(c(Cl)c1C#N)CCN(C1CCCCC1)C2. The van der Waals surface area contributed by atoms with Crippen LogP contribution >= 0.6 is 11.6 Å². The molecule has 1 saturated carbocycles. The minimum absolute atomic E-state index is 0.547. The monoisotopic (exact) mass is 346 g/mol. The van der Waals surface area contributed by atoms with E-state index in [0.29, 0.717) is 16.6 Å². The van der Waals surface area contributed by atoms with Crippen LogP contribution in [0.15, 0.2) is 0 Å². The van der Waals surface area contributed by atoms with Gasteiger partial charge in [-0.15, -0.1) is 0 Å². The van der Waals surface area contributed by atoms with E-state index in [2.05, 4.69) is 29.7 Å². The van der Waals surface area contributed by atoms with E-state index in [1.165, 1.54) is 32.1 Å². The van der Waals surface area contributed by atoms with Gasteiger partial charge in [0.2, 0.25) is 0 Å². The molecule has 4 nitrogen and oxygen atoms in total. The summed E-state index contributed by atoms with van der Waals surface area (Å²) in [5.41, 5.74) is 2.72. The van der Waals surface area contributed by atoms with Gasteiger partial charge >= 0.3 is 0 Å². The molecule has 0 radical (unpaired) electrons. The highest BCUT2D eigenvalue weighted by molar-refractivity contribution is 6.33. The van der Waals surface area contributed by atoms with Crippen molar-refractivity contribution in [2.75, 3.05) is 24.5 Å². The number of anilines is 1. The van der Waals surface area contributed by atoms with E-state index >= 15 is 0 Å². The molecular weight excluding hydrogens is 320 g/mol. The molecule has 0 spiro atoms. The van der Waals surface area contributed by atoms with Crippen molar-refractivity contribution in [3.8, 4) is 6.07 Å². The van der Waals surface area contributed by atoms with Gasteiger partial charge in [0.15, 0.2) is 0 Å². The Morgan fingerprint density at radius 3 is 2.58 bits per heavy atom. The quantitative estimate of drug-likeness (QED) is 0.821. The van der Waals surface area contributed by atoms with Crippen molar-refractivity contribution in [2.45, 2.75) is 65.0 Å². The van der Waals surface area contributed by atoms with E-state index < -0.39 is 0 Å². The second-order valence-corrected chi connectivity index (χ2v) is 7.22. The molecule has 0 aromatic carbocycles. The Kier molecular flexibility index (Phi) is 5.63. The Morgan fingerprint density at radius 2 is 1.96 bits per heavy atom. The highest BCUT2D eigenvalue weighted by Gasteiger charge is 2.29. The summed E-state index contributed by atoms with van der Waals surface area (Å²) in [5, 5.41) is 10.2. The molecule has 0 amide bonds. The van der Waals surface area contributed by atoms with E-state index in [0.717, 1.165) is 49.7 Å². The topological polar surface area (TPSA) is 43.2 Å². The molecule has 0 atom stereocenters. The van der Waals surface area contributed by atoms with Gasteiger partial charge in [-0.2, -0.15) is 5.26 Å². The summed E-state index contributed by atoms with van der Waals surface area (Å²) in [4.78, 5) is 9.62. The molecule has 24 heavy (non-hydrogen) atoms. The summed E-state index contributed by atoms with van der Waals surface area (Å²) in [6, 6.07) is 2.98. The summed E-state index contributed by atoms with van der Waals surface area (Å²) in [5.74, 6) is 0.761. The molecule has 5 heteroatoms. The molecule has 1 aromatic rings. The van der Waals surface area contributed by atoms with Crippen LogP contribution in [0.4, 0.5) is 5.82 Å². The second kappa shape index (κ2) is 7.72. The Bertz CT molecular complexity index is 627.